The first-order valence-corrected chi connectivity index (χ1v) is 14.6. The average Bonchev–Trinajstić information content (AvgIpc) is 2.85. The van der Waals surface area contributed by atoms with Gasteiger partial charge in [-0.15, -0.1) is 0 Å². The first-order valence-electron chi connectivity index (χ1n) is 12.4. The maximum atomic E-state index is 13.4. The molecule has 0 saturated heterocycles. The summed E-state index contributed by atoms with van der Waals surface area (Å²) >= 11 is 6.20. The number of halogens is 1. The normalized spacial score (nSPS) is 12.1. The number of ether oxygens (including phenoxy) is 1. The third kappa shape index (κ3) is 8.93. The summed E-state index contributed by atoms with van der Waals surface area (Å²) in [6, 6.07) is 11.8. The van der Waals surface area contributed by atoms with Crippen LogP contribution in [0.3, 0.4) is 0 Å². The van der Waals surface area contributed by atoms with Gasteiger partial charge >= 0.3 is 0 Å². The second-order valence-corrected chi connectivity index (χ2v) is 11.3. The lowest BCUT2D eigenvalue weighted by Gasteiger charge is -2.30. The SMILES string of the molecule is CCCCNC(=O)C(C)N(Cc1ccccc1C)C(=O)CCCN(c1ccc(OC)c(Cl)c1)S(C)(=O)=O. The summed E-state index contributed by atoms with van der Waals surface area (Å²) in [6.45, 7) is 6.66. The number of sulfonamides is 1. The van der Waals surface area contributed by atoms with E-state index < -0.39 is 16.1 Å². The van der Waals surface area contributed by atoms with E-state index in [1.54, 1.807) is 24.0 Å². The summed E-state index contributed by atoms with van der Waals surface area (Å²) in [7, 11) is -2.14. The molecule has 8 nitrogen and oxygen atoms in total. The fraction of sp³-hybridized carbons (Fsp3) is 0.481. The number of nitrogens with one attached hydrogen (secondary N) is 1. The third-order valence-corrected chi connectivity index (χ3v) is 7.66. The Kier molecular flexibility index (Phi) is 11.7. The van der Waals surface area contributed by atoms with Crippen molar-refractivity contribution in [2.75, 3.05) is 30.8 Å². The molecule has 204 valence electrons. The van der Waals surface area contributed by atoms with Crippen molar-refractivity contribution in [3.05, 3.63) is 58.6 Å². The Morgan fingerprint density at radius 1 is 1.14 bits per heavy atom. The van der Waals surface area contributed by atoms with E-state index >= 15 is 0 Å². The molecule has 0 aliphatic heterocycles. The summed E-state index contributed by atoms with van der Waals surface area (Å²) in [6.07, 6.45) is 3.27. The van der Waals surface area contributed by atoms with Gasteiger partial charge in [0, 0.05) is 26.1 Å². The molecule has 0 aliphatic carbocycles. The Hall–Kier alpha value is -2.78. The number of methoxy groups -OCH3 is 1. The molecule has 10 heteroatoms. The van der Waals surface area contributed by atoms with Crippen LogP contribution in [0.15, 0.2) is 42.5 Å². The van der Waals surface area contributed by atoms with E-state index in [4.69, 9.17) is 16.3 Å². The van der Waals surface area contributed by atoms with Crippen LogP contribution in [0.5, 0.6) is 5.75 Å². The Morgan fingerprint density at radius 2 is 1.84 bits per heavy atom. The van der Waals surface area contributed by atoms with Crippen LogP contribution in [0.25, 0.3) is 0 Å². The molecule has 37 heavy (non-hydrogen) atoms. The second kappa shape index (κ2) is 14.2. The van der Waals surface area contributed by atoms with Crippen LogP contribution in [-0.4, -0.2) is 57.6 Å². The van der Waals surface area contributed by atoms with Gasteiger partial charge in [0.1, 0.15) is 11.8 Å². The molecule has 0 fully saturated rings. The predicted octanol–water partition coefficient (Wildman–Crippen LogP) is 4.54. The first-order chi connectivity index (χ1) is 17.5. The number of hydrogen-bond acceptors (Lipinski definition) is 5. The van der Waals surface area contributed by atoms with Crippen molar-refractivity contribution < 1.29 is 22.7 Å². The van der Waals surface area contributed by atoms with E-state index in [9.17, 15) is 18.0 Å². The van der Waals surface area contributed by atoms with Gasteiger partial charge in [0.2, 0.25) is 21.8 Å². The van der Waals surface area contributed by atoms with Crippen LogP contribution in [-0.2, 0) is 26.2 Å². The van der Waals surface area contributed by atoms with E-state index in [1.807, 2.05) is 38.1 Å². The maximum absolute atomic E-state index is 13.4. The van der Waals surface area contributed by atoms with E-state index in [0.717, 1.165) is 30.2 Å². The Bertz CT molecular complexity index is 1170. The van der Waals surface area contributed by atoms with Crippen LogP contribution in [0.1, 0.15) is 50.7 Å². The maximum Gasteiger partial charge on any atom is 0.242 e. The highest BCUT2D eigenvalue weighted by Gasteiger charge is 2.27. The van der Waals surface area contributed by atoms with Crippen molar-refractivity contribution >= 4 is 39.1 Å². The standard InChI is InChI=1S/C27H38ClN3O5S/c1-6-7-16-29-27(33)21(3)30(19-22-12-9-8-11-20(22)2)26(32)13-10-17-31(37(5,34)35)23-14-15-25(36-4)24(28)18-23/h8-9,11-12,14-15,18,21H,6-7,10,13,16-17,19H2,1-5H3,(H,29,33). The Labute approximate surface area is 226 Å². The molecular weight excluding hydrogens is 514 g/mol. The van der Waals surface area contributed by atoms with Crippen LogP contribution < -0.4 is 14.4 Å². The van der Waals surface area contributed by atoms with Gasteiger partial charge in [-0.1, -0.05) is 49.2 Å². The smallest absolute Gasteiger partial charge is 0.242 e. The lowest BCUT2D eigenvalue weighted by Crippen LogP contribution is -2.48. The second-order valence-electron chi connectivity index (χ2n) is 9.03. The fourth-order valence-corrected chi connectivity index (χ4v) is 5.11. The molecule has 2 aromatic carbocycles. The van der Waals surface area contributed by atoms with Crippen molar-refractivity contribution in [2.24, 2.45) is 0 Å². The van der Waals surface area contributed by atoms with E-state index in [2.05, 4.69) is 5.32 Å². The summed E-state index contributed by atoms with van der Waals surface area (Å²) in [5, 5.41) is 3.20. The molecule has 1 atom stereocenters. The minimum absolute atomic E-state index is 0.0777. The summed E-state index contributed by atoms with van der Waals surface area (Å²) < 4.78 is 31.4. The number of unbranched alkanes of at least 4 members (excludes halogenated alkanes) is 1. The van der Waals surface area contributed by atoms with E-state index in [0.29, 0.717) is 18.0 Å². The minimum Gasteiger partial charge on any atom is -0.495 e. The number of amides is 2. The van der Waals surface area contributed by atoms with Crippen molar-refractivity contribution in [1.29, 1.82) is 0 Å². The molecule has 1 N–H and O–H groups in total. The quantitative estimate of drug-likeness (QED) is 0.348. The van der Waals surface area contributed by atoms with Gasteiger partial charge in [0.15, 0.2) is 0 Å². The first kappa shape index (κ1) is 30.4. The molecule has 1 unspecified atom stereocenters. The third-order valence-electron chi connectivity index (χ3n) is 6.17. The largest absolute Gasteiger partial charge is 0.495 e. The molecule has 2 amide bonds. The monoisotopic (exact) mass is 551 g/mol. The molecule has 0 aromatic heterocycles. The Morgan fingerprint density at radius 3 is 2.43 bits per heavy atom. The van der Waals surface area contributed by atoms with Gasteiger partial charge in [-0.2, -0.15) is 0 Å². The minimum atomic E-state index is -3.62. The van der Waals surface area contributed by atoms with Gasteiger partial charge < -0.3 is 15.0 Å². The molecule has 2 rings (SSSR count). The topological polar surface area (TPSA) is 96.0 Å². The summed E-state index contributed by atoms with van der Waals surface area (Å²) in [4.78, 5) is 27.8. The molecule has 0 aliphatic rings. The summed E-state index contributed by atoms with van der Waals surface area (Å²) in [5.41, 5.74) is 2.37. The number of hydrogen-bond donors (Lipinski definition) is 1. The van der Waals surface area contributed by atoms with Crippen molar-refractivity contribution in [3.63, 3.8) is 0 Å². The van der Waals surface area contributed by atoms with Gasteiger partial charge in [0.25, 0.3) is 0 Å². The average molecular weight is 552 g/mol. The number of benzene rings is 2. The van der Waals surface area contributed by atoms with Crippen LogP contribution >= 0.6 is 11.6 Å². The molecule has 0 radical (unpaired) electrons. The van der Waals surface area contributed by atoms with Gasteiger partial charge in [-0.05, 0) is 56.0 Å². The molecule has 0 heterocycles. The number of nitrogens with zero attached hydrogens (tertiary/aromatic N) is 2. The predicted molar refractivity (Wildman–Crippen MR) is 149 cm³/mol. The van der Waals surface area contributed by atoms with Gasteiger partial charge in [-0.25, -0.2) is 8.42 Å². The highest BCUT2D eigenvalue weighted by atomic mass is 35.5. The van der Waals surface area contributed by atoms with Crippen molar-refractivity contribution in [1.82, 2.24) is 10.2 Å². The lowest BCUT2D eigenvalue weighted by atomic mass is 10.1. The lowest BCUT2D eigenvalue weighted by molar-refractivity contribution is -0.140. The highest BCUT2D eigenvalue weighted by molar-refractivity contribution is 7.92. The Balaban J connectivity index is 2.18. The molecule has 0 spiro atoms. The van der Waals surface area contributed by atoms with Crippen LogP contribution in [0.2, 0.25) is 5.02 Å². The number of anilines is 1. The van der Waals surface area contributed by atoms with Crippen LogP contribution in [0, 0.1) is 6.92 Å². The fourth-order valence-electron chi connectivity index (χ4n) is 3.90. The van der Waals surface area contributed by atoms with E-state index in [-0.39, 0.29) is 42.8 Å². The number of carbonyl (C=O) groups is 2. The number of aryl methyl sites for hydroxylation is 1. The summed E-state index contributed by atoms with van der Waals surface area (Å²) in [5.74, 6) is 0.00993. The van der Waals surface area contributed by atoms with Crippen molar-refractivity contribution in [3.8, 4) is 5.75 Å². The molecule has 0 bridgehead atoms. The van der Waals surface area contributed by atoms with Gasteiger partial charge in [0.05, 0.1) is 24.1 Å². The molecular formula is C27H38ClN3O5S. The highest BCUT2D eigenvalue weighted by Crippen LogP contribution is 2.30. The number of rotatable bonds is 14. The van der Waals surface area contributed by atoms with Gasteiger partial charge in [-0.3, -0.25) is 13.9 Å². The number of carbonyl (C=O) groups excluding carboxylic acids is 2. The zero-order valence-corrected chi connectivity index (χ0v) is 23.9. The molecule has 0 saturated carbocycles. The zero-order chi connectivity index (χ0) is 27.6. The zero-order valence-electron chi connectivity index (χ0n) is 22.3. The van der Waals surface area contributed by atoms with E-state index in [1.165, 1.54) is 17.5 Å². The van der Waals surface area contributed by atoms with Crippen molar-refractivity contribution in [2.45, 2.75) is 59.0 Å². The molecule has 2 aromatic rings. The van der Waals surface area contributed by atoms with Crippen LogP contribution in [0.4, 0.5) is 5.69 Å².